The molecule has 1 aliphatic heterocycles. The molecule has 2 atom stereocenters. The van der Waals surface area contributed by atoms with Gasteiger partial charge in [-0.3, -0.25) is 0 Å². The Labute approximate surface area is 72.1 Å². The summed E-state index contributed by atoms with van der Waals surface area (Å²) in [4.78, 5) is 11.1. The molecule has 1 aliphatic rings. The summed E-state index contributed by atoms with van der Waals surface area (Å²) >= 11 is 0.0290. The average molecular weight is 251 g/mol. The minimum atomic E-state index is -0.0434. The van der Waals surface area contributed by atoms with Crippen molar-refractivity contribution in [3.05, 3.63) is 12.2 Å². The number of ketones is 1. The van der Waals surface area contributed by atoms with Gasteiger partial charge in [0, 0.05) is 0 Å². The topological polar surface area (TPSA) is 17.1 Å². The van der Waals surface area contributed by atoms with Gasteiger partial charge in [-0.15, -0.1) is 0 Å². The third kappa shape index (κ3) is 1.41. The summed E-state index contributed by atoms with van der Waals surface area (Å²) in [6, 6.07) is 0. The fraction of sp³-hybridized carbons (Fsp3) is 0.625. The van der Waals surface area contributed by atoms with Crippen LogP contribution in [0.5, 0.6) is 0 Å². The monoisotopic (exact) mass is 251 g/mol. The van der Waals surface area contributed by atoms with Crippen molar-refractivity contribution in [2.75, 3.05) is 0 Å². The maximum absolute atomic E-state index is 11.1. The summed E-state index contributed by atoms with van der Waals surface area (Å²) < 4.78 is 0.644. The molecule has 0 spiro atoms. The van der Waals surface area contributed by atoms with Gasteiger partial charge in [-0.25, -0.2) is 0 Å². The van der Waals surface area contributed by atoms with Crippen LogP contribution in [0.4, 0.5) is 0 Å². The molecule has 0 aromatic rings. The average Bonchev–Trinajstić information content (AvgIpc) is 2.13. The fourth-order valence-corrected chi connectivity index (χ4v) is 4.25. The van der Waals surface area contributed by atoms with Gasteiger partial charge in [0.2, 0.25) is 0 Å². The second-order valence-corrected chi connectivity index (χ2v) is 7.61. The summed E-state index contributed by atoms with van der Waals surface area (Å²) in [5, 5.41) is 0. The molecule has 1 unspecified atom stereocenters. The van der Waals surface area contributed by atoms with Gasteiger partial charge in [0.1, 0.15) is 0 Å². The Kier molecular flexibility index (Phi) is 2.18. The summed E-state index contributed by atoms with van der Waals surface area (Å²) in [7, 11) is 0. The van der Waals surface area contributed by atoms with Gasteiger partial charge in [0.05, 0.1) is 0 Å². The van der Waals surface area contributed by atoms with Crippen molar-refractivity contribution in [1.82, 2.24) is 0 Å². The van der Waals surface area contributed by atoms with Crippen LogP contribution >= 0.6 is 0 Å². The van der Waals surface area contributed by atoms with Crippen molar-refractivity contribution in [2.24, 2.45) is 0 Å². The summed E-state index contributed by atoms with van der Waals surface area (Å²) in [6.45, 7) is 5.95. The standard InChI is InChI=1S/C8H12IO/c1-6-4-5-8(3,9-6)7(2)10/h4-6H,1-3H3/q-1/t6-,8?/m1/s1. The van der Waals surface area contributed by atoms with E-state index in [4.69, 9.17) is 0 Å². The zero-order chi connectivity index (χ0) is 7.78. The summed E-state index contributed by atoms with van der Waals surface area (Å²) in [5.41, 5.74) is 0. The zero-order valence-electron chi connectivity index (χ0n) is 6.52. The van der Waals surface area contributed by atoms with E-state index in [1.165, 1.54) is 0 Å². The molecule has 0 aromatic heterocycles. The van der Waals surface area contributed by atoms with Crippen LogP contribution in [0.2, 0.25) is 0 Å². The third-order valence-electron chi connectivity index (χ3n) is 1.76. The Morgan fingerprint density at radius 1 is 1.70 bits per heavy atom. The number of halogens is 1. The van der Waals surface area contributed by atoms with E-state index in [1.807, 2.05) is 0 Å². The number of allylic oxidation sites excluding steroid dienone is 2. The van der Waals surface area contributed by atoms with Crippen molar-refractivity contribution in [3.63, 3.8) is 0 Å². The molecular formula is C8H12IO-. The molecule has 0 aromatic carbocycles. The molecule has 0 N–H and O–H groups in total. The number of alkyl halides is 2. The first kappa shape index (κ1) is 8.24. The Hall–Kier alpha value is 0.140. The molecule has 1 nitrogen and oxygen atoms in total. The van der Waals surface area contributed by atoms with Crippen LogP contribution in [-0.4, -0.2) is 13.1 Å². The normalized spacial score (nSPS) is 39.3. The van der Waals surface area contributed by atoms with Crippen molar-refractivity contribution in [2.45, 2.75) is 28.1 Å². The Morgan fingerprint density at radius 3 is 2.50 bits per heavy atom. The van der Waals surface area contributed by atoms with E-state index < -0.39 is 0 Å². The molecule has 58 valence electrons. The van der Waals surface area contributed by atoms with Crippen LogP contribution in [0, 0.1) is 0 Å². The first-order chi connectivity index (χ1) is 4.54. The predicted molar refractivity (Wildman–Crippen MR) is 37.7 cm³/mol. The number of carbonyl (C=O) groups excluding carboxylic acids is 1. The van der Waals surface area contributed by atoms with Crippen LogP contribution in [0.15, 0.2) is 12.2 Å². The molecule has 0 amide bonds. The van der Waals surface area contributed by atoms with Gasteiger partial charge in [0.25, 0.3) is 0 Å². The molecule has 1 rings (SSSR count). The van der Waals surface area contributed by atoms with Gasteiger partial charge in [-0.05, 0) is 0 Å². The van der Waals surface area contributed by atoms with E-state index in [0.29, 0.717) is 9.71 Å². The second-order valence-electron chi connectivity index (χ2n) is 2.78. The van der Waals surface area contributed by atoms with E-state index in [2.05, 4.69) is 26.0 Å². The van der Waals surface area contributed by atoms with Gasteiger partial charge in [-0.2, -0.15) is 0 Å². The molecule has 0 saturated heterocycles. The molecule has 0 bridgehead atoms. The summed E-state index contributed by atoms with van der Waals surface area (Å²) in [6.07, 6.45) is 4.27. The quantitative estimate of drug-likeness (QED) is 0.311. The van der Waals surface area contributed by atoms with Crippen molar-refractivity contribution in [1.29, 1.82) is 0 Å². The van der Waals surface area contributed by atoms with E-state index in [1.54, 1.807) is 6.92 Å². The SMILES string of the molecule is CC(=O)C1(C)C=C[C@@H](C)[I-]1. The number of rotatable bonds is 1. The number of hydrogen-bond donors (Lipinski definition) is 0. The molecule has 0 fully saturated rings. The van der Waals surface area contributed by atoms with Gasteiger partial charge in [-0.1, -0.05) is 0 Å². The molecule has 1 heterocycles. The van der Waals surface area contributed by atoms with E-state index in [9.17, 15) is 4.79 Å². The van der Waals surface area contributed by atoms with E-state index >= 15 is 0 Å². The van der Waals surface area contributed by atoms with Gasteiger partial charge in [0.15, 0.2) is 0 Å². The van der Waals surface area contributed by atoms with Gasteiger partial charge < -0.3 is 0 Å². The van der Waals surface area contributed by atoms with Crippen LogP contribution in [0.25, 0.3) is 0 Å². The third-order valence-corrected chi connectivity index (χ3v) is 5.57. The predicted octanol–water partition coefficient (Wildman–Crippen LogP) is -1.62. The maximum atomic E-state index is 11.1. The summed E-state index contributed by atoms with van der Waals surface area (Å²) in [5.74, 6) is 0.334. The molecule has 2 heteroatoms. The number of hydrogen-bond acceptors (Lipinski definition) is 1. The van der Waals surface area contributed by atoms with E-state index in [0.717, 1.165) is 0 Å². The molecule has 0 radical (unpaired) electrons. The van der Waals surface area contributed by atoms with Crippen LogP contribution in [0.1, 0.15) is 20.8 Å². The Bertz CT molecular complexity index is 186. The molecule has 0 saturated carbocycles. The van der Waals surface area contributed by atoms with Crippen LogP contribution < -0.4 is 21.2 Å². The van der Waals surface area contributed by atoms with Crippen molar-refractivity contribution >= 4 is 5.78 Å². The zero-order valence-corrected chi connectivity index (χ0v) is 8.68. The molecular weight excluding hydrogens is 239 g/mol. The van der Waals surface area contributed by atoms with Crippen molar-refractivity contribution < 1.29 is 26.0 Å². The Balaban J connectivity index is 2.75. The number of carbonyl (C=O) groups is 1. The van der Waals surface area contributed by atoms with Crippen molar-refractivity contribution in [3.8, 4) is 0 Å². The first-order valence-corrected chi connectivity index (χ1v) is 5.72. The number of Topliss-reactive ketones (excluding diaryl/α,β-unsaturated/α-hetero) is 1. The molecule has 10 heavy (non-hydrogen) atoms. The second kappa shape index (κ2) is 2.64. The minimum absolute atomic E-state index is 0.0290. The Morgan fingerprint density at radius 2 is 2.30 bits per heavy atom. The van der Waals surface area contributed by atoms with Crippen LogP contribution in [-0.2, 0) is 4.79 Å². The first-order valence-electron chi connectivity index (χ1n) is 3.39. The van der Waals surface area contributed by atoms with Gasteiger partial charge >= 0.3 is 72.1 Å². The molecule has 0 aliphatic carbocycles. The fourth-order valence-electron chi connectivity index (χ4n) is 0.938. The van der Waals surface area contributed by atoms with E-state index in [-0.39, 0.29) is 24.6 Å². The van der Waals surface area contributed by atoms with Crippen LogP contribution in [0.3, 0.4) is 0 Å².